The molecule has 0 rings (SSSR count). The minimum absolute atomic E-state index is 0.175. The van der Waals surface area contributed by atoms with E-state index in [1.54, 1.807) is 18.7 Å². The summed E-state index contributed by atoms with van der Waals surface area (Å²) in [5.41, 5.74) is 5.90. The SMILES string of the molecule is CCC(C)C(NC(=O)C(N)CCSC)C(=O)NC(C(=O)NCC(=O)O)C(C)CC. The van der Waals surface area contributed by atoms with Gasteiger partial charge in [-0.25, -0.2) is 0 Å². The lowest BCUT2D eigenvalue weighted by Gasteiger charge is -2.29. The first-order valence-corrected chi connectivity index (χ1v) is 11.3. The van der Waals surface area contributed by atoms with E-state index in [-0.39, 0.29) is 11.8 Å². The van der Waals surface area contributed by atoms with Crippen LogP contribution in [-0.2, 0) is 19.2 Å². The zero-order chi connectivity index (χ0) is 22.6. The van der Waals surface area contributed by atoms with Crippen molar-refractivity contribution < 1.29 is 24.3 Å². The van der Waals surface area contributed by atoms with Gasteiger partial charge in [-0.2, -0.15) is 11.8 Å². The number of rotatable bonds is 14. The standard InChI is InChI=1S/C19H36N4O5S/c1-6-11(3)15(18(27)21-10-14(24)25)23-19(28)16(12(4)7-2)22-17(26)13(20)8-9-29-5/h11-13,15-16H,6-10,20H2,1-5H3,(H,21,27)(H,22,26)(H,23,28)(H,24,25). The number of thioether (sulfide) groups is 1. The maximum atomic E-state index is 12.9. The van der Waals surface area contributed by atoms with Crippen molar-refractivity contribution in [2.45, 2.75) is 65.1 Å². The fourth-order valence-electron chi connectivity index (χ4n) is 2.56. The molecule has 0 aliphatic carbocycles. The van der Waals surface area contributed by atoms with E-state index in [1.165, 1.54) is 0 Å². The van der Waals surface area contributed by atoms with Crippen molar-refractivity contribution in [2.24, 2.45) is 17.6 Å². The summed E-state index contributed by atoms with van der Waals surface area (Å²) in [7, 11) is 0. The molecule has 5 atom stereocenters. The number of nitrogens with two attached hydrogens (primary N) is 1. The molecular weight excluding hydrogens is 396 g/mol. The molecule has 0 aromatic heterocycles. The summed E-state index contributed by atoms with van der Waals surface area (Å²) < 4.78 is 0. The zero-order valence-electron chi connectivity index (χ0n) is 18.0. The first-order chi connectivity index (χ1) is 13.6. The Morgan fingerprint density at radius 2 is 1.41 bits per heavy atom. The van der Waals surface area contributed by atoms with E-state index in [0.717, 1.165) is 5.75 Å². The van der Waals surface area contributed by atoms with E-state index < -0.39 is 48.4 Å². The second kappa shape index (κ2) is 14.2. The van der Waals surface area contributed by atoms with Gasteiger partial charge >= 0.3 is 5.97 Å². The van der Waals surface area contributed by atoms with Crippen LogP contribution in [-0.4, -0.2) is 65.5 Å². The lowest BCUT2D eigenvalue weighted by Crippen LogP contribution is -2.59. The fourth-order valence-corrected chi connectivity index (χ4v) is 3.05. The summed E-state index contributed by atoms with van der Waals surface area (Å²) >= 11 is 1.58. The molecule has 0 spiro atoms. The first-order valence-electron chi connectivity index (χ1n) is 9.93. The maximum absolute atomic E-state index is 12.9. The molecule has 29 heavy (non-hydrogen) atoms. The normalized spacial score (nSPS) is 16.1. The highest BCUT2D eigenvalue weighted by Gasteiger charge is 2.32. The highest BCUT2D eigenvalue weighted by atomic mass is 32.2. The topological polar surface area (TPSA) is 151 Å². The van der Waals surface area contributed by atoms with E-state index in [0.29, 0.717) is 19.3 Å². The second-order valence-electron chi connectivity index (χ2n) is 7.24. The third-order valence-corrected chi connectivity index (χ3v) is 5.61. The number of aliphatic carboxylic acids is 1. The Morgan fingerprint density at radius 3 is 1.86 bits per heavy atom. The molecule has 3 amide bonds. The number of hydrogen-bond acceptors (Lipinski definition) is 6. The molecule has 0 aromatic carbocycles. The lowest BCUT2D eigenvalue weighted by molar-refractivity contribution is -0.139. The van der Waals surface area contributed by atoms with Crippen molar-refractivity contribution in [3.63, 3.8) is 0 Å². The van der Waals surface area contributed by atoms with E-state index in [1.807, 2.05) is 27.0 Å². The fraction of sp³-hybridized carbons (Fsp3) is 0.789. The molecule has 6 N–H and O–H groups in total. The van der Waals surface area contributed by atoms with Gasteiger partial charge < -0.3 is 26.8 Å². The van der Waals surface area contributed by atoms with Crippen LogP contribution in [0.5, 0.6) is 0 Å². The second-order valence-corrected chi connectivity index (χ2v) is 8.23. The Morgan fingerprint density at radius 1 is 0.931 bits per heavy atom. The summed E-state index contributed by atoms with van der Waals surface area (Å²) in [4.78, 5) is 48.4. The number of carboxylic acids is 1. The van der Waals surface area contributed by atoms with Gasteiger partial charge in [-0.15, -0.1) is 0 Å². The van der Waals surface area contributed by atoms with Crippen LogP contribution in [0.3, 0.4) is 0 Å². The van der Waals surface area contributed by atoms with E-state index in [2.05, 4.69) is 16.0 Å². The van der Waals surface area contributed by atoms with Crippen molar-refractivity contribution in [2.75, 3.05) is 18.6 Å². The number of carbonyl (C=O) groups is 4. The van der Waals surface area contributed by atoms with Gasteiger partial charge in [0.2, 0.25) is 17.7 Å². The highest BCUT2D eigenvalue weighted by Crippen LogP contribution is 2.12. The molecular formula is C19H36N4O5S. The number of carboxylic acid groups (broad SMARTS) is 1. The molecule has 0 radical (unpaired) electrons. The van der Waals surface area contributed by atoms with Gasteiger partial charge in [-0.05, 0) is 30.3 Å². The summed E-state index contributed by atoms with van der Waals surface area (Å²) in [5.74, 6) is -2.29. The predicted octanol–water partition coefficient (Wildman–Crippen LogP) is 0.329. The average Bonchev–Trinajstić information content (AvgIpc) is 2.70. The van der Waals surface area contributed by atoms with Crippen molar-refractivity contribution in [1.29, 1.82) is 0 Å². The zero-order valence-corrected chi connectivity index (χ0v) is 18.8. The minimum atomic E-state index is -1.17. The third kappa shape index (κ3) is 9.98. The Balaban J connectivity index is 5.30. The Bertz CT molecular complexity index is 561. The molecule has 0 saturated carbocycles. The van der Waals surface area contributed by atoms with Gasteiger partial charge in [0.15, 0.2) is 0 Å². The van der Waals surface area contributed by atoms with Crippen molar-refractivity contribution in [3.8, 4) is 0 Å². The molecule has 0 aliphatic rings. The molecule has 0 heterocycles. The summed E-state index contributed by atoms with van der Waals surface area (Å²) in [6, 6.07) is -2.46. The molecule has 0 bridgehead atoms. The average molecular weight is 433 g/mol. The van der Waals surface area contributed by atoms with Crippen molar-refractivity contribution in [1.82, 2.24) is 16.0 Å². The molecule has 0 aliphatic heterocycles. The van der Waals surface area contributed by atoms with Gasteiger partial charge in [0, 0.05) is 0 Å². The van der Waals surface area contributed by atoms with Crippen LogP contribution in [0.1, 0.15) is 47.0 Å². The van der Waals surface area contributed by atoms with Crippen molar-refractivity contribution >= 4 is 35.5 Å². The monoisotopic (exact) mass is 432 g/mol. The van der Waals surface area contributed by atoms with Crippen LogP contribution in [0.4, 0.5) is 0 Å². The summed E-state index contributed by atoms with van der Waals surface area (Å²) in [5, 5.41) is 16.5. The number of hydrogen-bond donors (Lipinski definition) is 5. The van der Waals surface area contributed by atoms with Crippen LogP contribution >= 0.6 is 11.8 Å². The molecule has 10 heteroatoms. The van der Waals surface area contributed by atoms with Gasteiger partial charge in [0.25, 0.3) is 0 Å². The Labute approximate surface area is 177 Å². The smallest absolute Gasteiger partial charge is 0.322 e. The van der Waals surface area contributed by atoms with Crippen molar-refractivity contribution in [3.05, 3.63) is 0 Å². The lowest BCUT2D eigenvalue weighted by atomic mass is 9.94. The predicted molar refractivity (Wildman–Crippen MR) is 114 cm³/mol. The number of carbonyl (C=O) groups excluding carboxylic acids is 3. The number of nitrogens with one attached hydrogen (secondary N) is 3. The summed E-state index contributed by atoms with van der Waals surface area (Å²) in [6.45, 7) is 6.86. The summed E-state index contributed by atoms with van der Waals surface area (Å²) in [6.07, 6.45) is 3.66. The largest absolute Gasteiger partial charge is 0.480 e. The first kappa shape index (κ1) is 27.2. The number of amides is 3. The van der Waals surface area contributed by atoms with Gasteiger partial charge in [0.1, 0.15) is 18.6 Å². The Kier molecular flexibility index (Phi) is 13.3. The maximum Gasteiger partial charge on any atom is 0.322 e. The molecule has 168 valence electrons. The van der Waals surface area contributed by atoms with E-state index >= 15 is 0 Å². The third-order valence-electron chi connectivity index (χ3n) is 4.97. The van der Waals surface area contributed by atoms with Crippen LogP contribution in [0.25, 0.3) is 0 Å². The minimum Gasteiger partial charge on any atom is -0.480 e. The highest BCUT2D eigenvalue weighted by molar-refractivity contribution is 7.98. The van der Waals surface area contributed by atoms with Crippen LogP contribution < -0.4 is 21.7 Å². The Hall–Kier alpha value is -1.81. The molecule has 0 fully saturated rings. The van der Waals surface area contributed by atoms with Gasteiger partial charge in [-0.3, -0.25) is 19.2 Å². The van der Waals surface area contributed by atoms with Gasteiger partial charge in [0.05, 0.1) is 6.04 Å². The van der Waals surface area contributed by atoms with Gasteiger partial charge in [-0.1, -0.05) is 40.5 Å². The quantitative estimate of drug-likeness (QED) is 0.265. The van der Waals surface area contributed by atoms with Crippen LogP contribution in [0, 0.1) is 11.8 Å². The van der Waals surface area contributed by atoms with E-state index in [4.69, 9.17) is 10.8 Å². The van der Waals surface area contributed by atoms with Crippen LogP contribution in [0.2, 0.25) is 0 Å². The molecule has 0 saturated heterocycles. The molecule has 5 unspecified atom stereocenters. The molecule has 9 nitrogen and oxygen atoms in total. The van der Waals surface area contributed by atoms with Crippen LogP contribution in [0.15, 0.2) is 0 Å². The van der Waals surface area contributed by atoms with E-state index in [9.17, 15) is 19.2 Å². The molecule has 0 aromatic rings.